The molecule has 2 rings (SSSR count). The molecule has 0 saturated carbocycles. The quantitative estimate of drug-likeness (QED) is 0.820. The molecule has 18 heavy (non-hydrogen) atoms. The van der Waals surface area contributed by atoms with Crippen molar-refractivity contribution in [2.75, 3.05) is 27.2 Å². The summed E-state index contributed by atoms with van der Waals surface area (Å²) in [7, 11) is 5.84. The summed E-state index contributed by atoms with van der Waals surface area (Å²) in [5, 5.41) is 0.502. The summed E-state index contributed by atoms with van der Waals surface area (Å²) >= 11 is 5.99. The standard InChI is InChI=1S/C12H19ClN4O/c1-15(2)6-5-11(18)17-7-4-9-10(8-17)16(3)12(13)14-9/h4-8H2,1-3H3. The second-order valence-electron chi connectivity index (χ2n) is 4.95. The average molecular weight is 271 g/mol. The molecule has 1 amide bonds. The number of fused-ring (bicyclic) bond motifs is 1. The fraction of sp³-hybridized carbons (Fsp3) is 0.667. The number of hydrogen-bond acceptors (Lipinski definition) is 3. The monoisotopic (exact) mass is 270 g/mol. The van der Waals surface area contributed by atoms with Crippen LogP contribution in [0.25, 0.3) is 0 Å². The van der Waals surface area contributed by atoms with Gasteiger partial charge in [-0.05, 0) is 25.7 Å². The summed E-state index contributed by atoms with van der Waals surface area (Å²) < 4.78 is 1.86. The van der Waals surface area contributed by atoms with Crippen molar-refractivity contribution in [2.24, 2.45) is 7.05 Å². The molecule has 0 saturated heterocycles. The maximum atomic E-state index is 12.1. The van der Waals surface area contributed by atoms with Gasteiger partial charge in [-0.15, -0.1) is 0 Å². The van der Waals surface area contributed by atoms with E-state index in [0.717, 1.165) is 30.9 Å². The summed E-state index contributed by atoms with van der Waals surface area (Å²) in [6.07, 6.45) is 1.36. The van der Waals surface area contributed by atoms with Crippen LogP contribution >= 0.6 is 11.6 Å². The van der Waals surface area contributed by atoms with E-state index in [1.54, 1.807) is 0 Å². The van der Waals surface area contributed by atoms with Crippen LogP contribution in [0.3, 0.4) is 0 Å². The topological polar surface area (TPSA) is 41.4 Å². The average Bonchev–Trinajstić information content (AvgIpc) is 2.62. The van der Waals surface area contributed by atoms with Crippen molar-refractivity contribution >= 4 is 17.5 Å². The minimum absolute atomic E-state index is 0.201. The highest BCUT2D eigenvalue weighted by Crippen LogP contribution is 2.22. The Hall–Kier alpha value is -1.07. The smallest absolute Gasteiger partial charge is 0.224 e. The number of imidazole rings is 1. The molecule has 1 aliphatic rings. The number of halogens is 1. The van der Waals surface area contributed by atoms with Gasteiger partial charge in [0.05, 0.1) is 17.9 Å². The van der Waals surface area contributed by atoms with Gasteiger partial charge in [-0.2, -0.15) is 0 Å². The van der Waals surface area contributed by atoms with Gasteiger partial charge in [-0.3, -0.25) is 4.79 Å². The van der Waals surface area contributed by atoms with Crippen LogP contribution in [0.5, 0.6) is 0 Å². The van der Waals surface area contributed by atoms with Crippen LogP contribution in [-0.2, 0) is 24.8 Å². The first kappa shape index (κ1) is 13.4. The van der Waals surface area contributed by atoms with E-state index in [1.165, 1.54) is 0 Å². The fourth-order valence-corrected chi connectivity index (χ4v) is 2.35. The first-order valence-corrected chi connectivity index (χ1v) is 6.49. The molecule has 2 heterocycles. The Morgan fingerprint density at radius 2 is 2.22 bits per heavy atom. The van der Waals surface area contributed by atoms with Crippen LogP contribution in [0.1, 0.15) is 17.8 Å². The van der Waals surface area contributed by atoms with Gasteiger partial charge in [0.1, 0.15) is 0 Å². The van der Waals surface area contributed by atoms with Crippen molar-refractivity contribution in [1.82, 2.24) is 19.4 Å². The zero-order valence-electron chi connectivity index (χ0n) is 11.1. The number of hydrogen-bond donors (Lipinski definition) is 0. The molecule has 0 unspecified atom stereocenters. The highest BCUT2D eigenvalue weighted by Gasteiger charge is 2.24. The highest BCUT2D eigenvalue weighted by molar-refractivity contribution is 6.28. The summed E-state index contributed by atoms with van der Waals surface area (Å²) in [6.45, 7) is 2.15. The number of amides is 1. The maximum absolute atomic E-state index is 12.1. The molecule has 0 N–H and O–H groups in total. The van der Waals surface area contributed by atoms with E-state index >= 15 is 0 Å². The number of rotatable bonds is 3. The zero-order chi connectivity index (χ0) is 13.3. The molecule has 0 bridgehead atoms. The van der Waals surface area contributed by atoms with E-state index in [1.807, 2.05) is 35.5 Å². The zero-order valence-corrected chi connectivity index (χ0v) is 11.9. The Morgan fingerprint density at radius 3 is 2.89 bits per heavy atom. The van der Waals surface area contributed by atoms with Crippen LogP contribution < -0.4 is 0 Å². The van der Waals surface area contributed by atoms with Gasteiger partial charge >= 0.3 is 0 Å². The van der Waals surface area contributed by atoms with Gasteiger partial charge in [0.15, 0.2) is 0 Å². The first-order valence-electron chi connectivity index (χ1n) is 6.11. The SMILES string of the molecule is CN(C)CCC(=O)N1CCc2nc(Cl)n(C)c2C1. The van der Waals surface area contributed by atoms with Gasteiger partial charge in [0.25, 0.3) is 0 Å². The Labute approximate surface area is 112 Å². The molecule has 6 heteroatoms. The molecule has 0 atom stereocenters. The first-order chi connectivity index (χ1) is 8.49. The molecule has 0 spiro atoms. The Bertz CT molecular complexity index is 455. The van der Waals surface area contributed by atoms with Crippen molar-refractivity contribution in [3.63, 3.8) is 0 Å². The molecular weight excluding hydrogens is 252 g/mol. The molecular formula is C12H19ClN4O. The minimum atomic E-state index is 0.201. The van der Waals surface area contributed by atoms with E-state index in [4.69, 9.17) is 11.6 Å². The predicted octanol–water partition coefficient (Wildman–Crippen LogP) is 0.910. The molecule has 1 aliphatic heterocycles. The summed E-state index contributed by atoms with van der Waals surface area (Å²) in [5.74, 6) is 0.201. The van der Waals surface area contributed by atoms with E-state index in [0.29, 0.717) is 18.2 Å². The van der Waals surface area contributed by atoms with Gasteiger partial charge < -0.3 is 14.4 Å². The van der Waals surface area contributed by atoms with Crippen LogP contribution in [-0.4, -0.2) is 52.4 Å². The maximum Gasteiger partial charge on any atom is 0.224 e. The number of carbonyl (C=O) groups excluding carboxylic acids is 1. The van der Waals surface area contributed by atoms with E-state index in [-0.39, 0.29) is 5.91 Å². The predicted molar refractivity (Wildman–Crippen MR) is 70.5 cm³/mol. The van der Waals surface area contributed by atoms with E-state index in [9.17, 15) is 4.79 Å². The Balaban J connectivity index is 2.03. The number of nitrogens with zero attached hydrogens (tertiary/aromatic N) is 4. The highest BCUT2D eigenvalue weighted by atomic mass is 35.5. The van der Waals surface area contributed by atoms with Gasteiger partial charge in [-0.25, -0.2) is 4.98 Å². The molecule has 0 radical (unpaired) electrons. The lowest BCUT2D eigenvalue weighted by Gasteiger charge is -2.27. The number of carbonyl (C=O) groups is 1. The van der Waals surface area contributed by atoms with Crippen LogP contribution in [0.4, 0.5) is 0 Å². The van der Waals surface area contributed by atoms with E-state index in [2.05, 4.69) is 4.98 Å². The normalized spacial score (nSPS) is 15.1. The molecule has 1 aromatic rings. The Morgan fingerprint density at radius 1 is 1.50 bits per heavy atom. The second kappa shape index (κ2) is 5.28. The van der Waals surface area contributed by atoms with Gasteiger partial charge in [-0.1, -0.05) is 0 Å². The van der Waals surface area contributed by atoms with Crippen molar-refractivity contribution in [2.45, 2.75) is 19.4 Å². The molecule has 0 aromatic carbocycles. The largest absolute Gasteiger partial charge is 0.336 e. The third-order valence-corrected chi connectivity index (χ3v) is 3.66. The van der Waals surface area contributed by atoms with Crippen molar-refractivity contribution < 1.29 is 4.79 Å². The van der Waals surface area contributed by atoms with Gasteiger partial charge in [0.2, 0.25) is 11.2 Å². The number of aromatic nitrogens is 2. The lowest BCUT2D eigenvalue weighted by molar-refractivity contribution is -0.132. The van der Waals surface area contributed by atoms with Crippen molar-refractivity contribution in [1.29, 1.82) is 0 Å². The molecule has 0 fully saturated rings. The Kier molecular flexibility index (Phi) is 3.92. The van der Waals surface area contributed by atoms with Crippen molar-refractivity contribution in [3.8, 4) is 0 Å². The fourth-order valence-electron chi connectivity index (χ4n) is 2.14. The molecule has 5 nitrogen and oxygen atoms in total. The molecule has 100 valence electrons. The van der Waals surface area contributed by atoms with Crippen molar-refractivity contribution in [3.05, 3.63) is 16.7 Å². The minimum Gasteiger partial charge on any atom is -0.336 e. The van der Waals surface area contributed by atoms with Crippen LogP contribution in [0, 0.1) is 0 Å². The van der Waals surface area contributed by atoms with Crippen LogP contribution in [0.15, 0.2) is 0 Å². The molecule has 0 aliphatic carbocycles. The third-order valence-electron chi connectivity index (χ3n) is 3.33. The summed E-state index contributed by atoms with van der Waals surface area (Å²) in [5.41, 5.74) is 2.09. The molecule has 1 aromatic heterocycles. The summed E-state index contributed by atoms with van der Waals surface area (Å²) in [4.78, 5) is 20.3. The lowest BCUT2D eigenvalue weighted by atomic mass is 10.1. The van der Waals surface area contributed by atoms with Gasteiger partial charge in [0, 0.05) is 33.0 Å². The van der Waals surface area contributed by atoms with Crippen LogP contribution in [0.2, 0.25) is 5.28 Å². The summed E-state index contributed by atoms with van der Waals surface area (Å²) in [6, 6.07) is 0. The third kappa shape index (κ3) is 2.67. The lowest BCUT2D eigenvalue weighted by Crippen LogP contribution is -2.37. The second-order valence-corrected chi connectivity index (χ2v) is 5.29. The van der Waals surface area contributed by atoms with E-state index < -0.39 is 0 Å².